The van der Waals surface area contributed by atoms with Gasteiger partial charge >= 0.3 is 12.2 Å². The summed E-state index contributed by atoms with van der Waals surface area (Å²) in [5.74, 6) is 1.35. The fourth-order valence-electron chi connectivity index (χ4n) is 4.13. The maximum absolute atomic E-state index is 12.0. The number of halogens is 3. The largest absolute Gasteiger partial charge is 0.495 e. The smallest absolute Gasteiger partial charge is 0.410 e. The predicted octanol–water partition coefficient (Wildman–Crippen LogP) is 7.34. The fraction of sp³-hybridized carbons (Fsp3) is 0.562. The third-order valence-corrected chi connectivity index (χ3v) is 7.43. The number of nitrogens with one attached hydrogen (secondary N) is 1. The number of nitrogens with zero attached hydrogens (tertiary/aromatic N) is 3. The highest BCUT2D eigenvalue weighted by Crippen LogP contribution is 2.30. The Morgan fingerprint density at radius 3 is 1.60 bits per heavy atom. The van der Waals surface area contributed by atoms with Gasteiger partial charge in [-0.15, -0.1) is 0 Å². The van der Waals surface area contributed by atoms with Crippen LogP contribution in [-0.4, -0.2) is 99.8 Å². The van der Waals surface area contributed by atoms with Crippen molar-refractivity contribution in [2.24, 2.45) is 0 Å². The number of hydrogen-bond donors (Lipinski definition) is 1. The van der Waals surface area contributed by atoms with Crippen molar-refractivity contribution in [3.63, 3.8) is 0 Å². The zero-order valence-electron chi connectivity index (χ0n) is 27.5. The van der Waals surface area contributed by atoms with Crippen molar-refractivity contribution in [3.8, 4) is 11.5 Å². The van der Waals surface area contributed by atoms with E-state index in [-0.39, 0.29) is 17.8 Å². The second-order valence-electron chi connectivity index (χ2n) is 12.3. The molecule has 2 heterocycles. The molecule has 2 fully saturated rings. The number of carbonyl (C=O) groups is 2. The average Bonchev–Trinajstić information content (AvgIpc) is 2.98. The lowest BCUT2D eigenvalue weighted by Crippen LogP contribution is -2.50. The van der Waals surface area contributed by atoms with Gasteiger partial charge < -0.3 is 39.0 Å². The van der Waals surface area contributed by atoms with Crippen molar-refractivity contribution >= 4 is 57.0 Å². The molecule has 0 saturated carbocycles. The molecule has 2 aromatic rings. The van der Waals surface area contributed by atoms with Crippen LogP contribution in [0.5, 0.6) is 11.5 Å². The first-order valence-electron chi connectivity index (χ1n) is 14.8. The van der Waals surface area contributed by atoms with Crippen LogP contribution in [0.1, 0.15) is 41.5 Å². The second kappa shape index (κ2) is 17.9. The van der Waals surface area contributed by atoms with Gasteiger partial charge in [-0.2, -0.15) is 0 Å². The summed E-state index contributed by atoms with van der Waals surface area (Å²) in [5, 5.41) is 4.41. The van der Waals surface area contributed by atoms with Gasteiger partial charge in [0.2, 0.25) is 0 Å². The molecule has 2 saturated heterocycles. The molecule has 0 bridgehead atoms. The zero-order chi connectivity index (χ0) is 33.8. The summed E-state index contributed by atoms with van der Waals surface area (Å²) in [6.45, 7) is 17.3. The van der Waals surface area contributed by atoms with Gasteiger partial charge in [0, 0.05) is 68.6 Å². The molecule has 0 radical (unpaired) electrons. The molecule has 252 valence electrons. The number of anilines is 1. The quantitative estimate of drug-likeness (QED) is 0.351. The molecule has 2 amide bonds. The SMILES string of the molecule is CC(C)(C)OC(=O)N1CCNCC1.COc1cc(Br)ccc1Cl.COc1cc(N2CCN(C(=O)OC(C)(C)C)CC2)ccc1Cl. The van der Waals surface area contributed by atoms with Crippen LogP contribution in [-0.2, 0) is 9.47 Å². The summed E-state index contributed by atoms with van der Waals surface area (Å²) in [5.41, 5.74) is 0.199. The molecule has 0 unspecified atom stereocenters. The van der Waals surface area contributed by atoms with E-state index in [1.54, 1.807) is 30.1 Å². The normalized spacial score (nSPS) is 15.1. The summed E-state index contributed by atoms with van der Waals surface area (Å²) in [6.07, 6.45) is -0.449. The second-order valence-corrected chi connectivity index (χ2v) is 14.0. The highest BCUT2D eigenvalue weighted by molar-refractivity contribution is 9.10. The first-order chi connectivity index (χ1) is 21.0. The Labute approximate surface area is 286 Å². The van der Waals surface area contributed by atoms with Crippen LogP contribution < -0.4 is 19.7 Å². The number of piperazine rings is 2. The molecule has 0 aliphatic carbocycles. The number of hydrogen-bond acceptors (Lipinski definition) is 8. The Morgan fingerprint density at radius 2 is 1.16 bits per heavy atom. The van der Waals surface area contributed by atoms with Crippen LogP contribution in [0.2, 0.25) is 10.0 Å². The molecule has 2 aromatic carbocycles. The highest BCUT2D eigenvalue weighted by atomic mass is 79.9. The van der Waals surface area contributed by atoms with Crippen LogP contribution in [0.4, 0.5) is 15.3 Å². The first kappa shape index (κ1) is 38.6. The van der Waals surface area contributed by atoms with E-state index in [0.29, 0.717) is 34.6 Å². The van der Waals surface area contributed by atoms with Crippen molar-refractivity contribution in [1.29, 1.82) is 0 Å². The summed E-state index contributed by atoms with van der Waals surface area (Å²) < 4.78 is 21.8. The maximum atomic E-state index is 12.0. The number of methoxy groups -OCH3 is 2. The molecule has 13 heteroatoms. The lowest BCUT2D eigenvalue weighted by molar-refractivity contribution is 0.0223. The Balaban J connectivity index is 0.000000259. The van der Waals surface area contributed by atoms with Crippen molar-refractivity contribution in [2.45, 2.75) is 52.7 Å². The van der Waals surface area contributed by atoms with Crippen molar-refractivity contribution < 1.29 is 28.5 Å². The molecule has 4 rings (SSSR count). The molecule has 1 N–H and O–H groups in total. The van der Waals surface area contributed by atoms with E-state index in [1.165, 1.54) is 0 Å². The summed E-state index contributed by atoms with van der Waals surface area (Å²) in [4.78, 5) is 29.2. The van der Waals surface area contributed by atoms with E-state index < -0.39 is 5.60 Å². The average molecular weight is 735 g/mol. The van der Waals surface area contributed by atoms with Crippen LogP contribution in [0.25, 0.3) is 0 Å². The monoisotopic (exact) mass is 732 g/mol. The Bertz CT molecular complexity index is 1240. The van der Waals surface area contributed by atoms with Crippen molar-refractivity contribution in [1.82, 2.24) is 15.1 Å². The van der Waals surface area contributed by atoms with Gasteiger partial charge in [-0.1, -0.05) is 39.1 Å². The van der Waals surface area contributed by atoms with Gasteiger partial charge in [-0.05, 0) is 71.9 Å². The van der Waals surface area contributed by atoms with Crippen LogP contribution in [0, 0.1) is 0 Å². The maximum Gasteiger partial charge on any atom is 0.410 e. The minimum absolute atomic E-state index is 0.200. The lowest BCUT2D eigenvalue weighted by atomic mass is 10.2. The molecule has 0 spiro atoms. The number of rotatable bonds is 3. The van der Waals surface area contributed by atoms with Crippen LogP contribution in [0.15, 0.2) is 40.9 Å². The predicted molar refractivity (Wildman–Crippen MR) is 184 cm³/mol. The van der Waals surface area contributed by atoms with Gasteiger partial charge in [0.15, 0.2) is 0 Å². The molecule has 2 aliphatic heterocycles. The topological polar surface area (TPSA) is 92.8 Å². The third-order valence-electron chi connectivity index (χ3n) is 6.31. The Kier molecular flexibility index (Phi) is 15.4. The number of amides is 2. The summed E-state index contributed by atoms with van der Waals surface area (Å²) >= 11 is 15.1. The van der Waals surface area contributed by atoms with E-state index in [1.807, 2.05) is 71.9 Å². The molecule has 0 atom stereocenters. The molecule has 45 heavy (non-hydrogen) atoms. The first-order valence-corrected chi connectivity index (χ1v) is 16.3. The summed E-state index contributed by atoms with van der Waals surface area (Å²) in [7, 11) is 3.19. The molecule has 2 aliphatic rings. The summed E-state index contributed by atoms with van der Waals surface area (Å²) in [6, 6.07) is 11.2. The van der Waals surface area contributed by atoms with E-state index in [0.717, 1.165) is 49.4 Å². The fourth-order valence-corrected chi connectivity index (χ4v) is 4.86. The minimum atomic E-state index is -0.461. The standard InChI is InChI=1S/C16H23ClN2O3.C9H18N2O2.C7H6BrClO/c1-16(2,3)22-15(20)19-9-7-18(8-10-19)12-5-6-13(17)14(11-12)21-4;1-9(2,3)13-8(12)11-6-4-10-5-7-11;1-10-7-4-5(8)2-3-6(7)9/h5-6,11H,7-10H2,1-4H3;10H,4-7H2,1-3H3;2-4H,1H3. The van der Waals surface area contributed by atoms with Crippen molar-refractivity contribution in [3.05, 3.63) is 50.9 Å². The van der Waals surface area contributed by atoms with E-state index >= 15 is 0 Å². The molecular weight excluding hydrogens is 687 g/mol. The van der Waals surface area contributed by atoms with Gasteiger partial charge in [-0.3, -0.25) is 0 Å². The van der Waals surface area contributed by atoms with Crippen molar-refractivity contribution in [2.75, 3.05) is 71.5 Å². The number of carbonyl (C=O) groups excluding carboxylic acids is 2. The van der Waals surface area contributed by atoms with Gasteiger partial charge in [0.05, 0.1) is 24.3 Å². The Hall–Kier alpha value is -2.60. The van der Waals surface area contributed by atoms with E-state index in [9.17, 15) is 9.59 Å². The zero-order valence-corrected chi connectivity index (χ0v) is 30.6. The van der Waals surface area contributed by atoms with Gasteiger partial charge in [-0.25, -0.2) is 9.59 Å². The highest BCUT2D eigenvalue weighted by Gasteiger charge is 2.26. The molecular formula is C32H47BrCl2N4O6. The minimum Gasteiger partial charge on any atom is -0.495 e. The number of benzene rings is 2. The van der Waals surface area contributed by atoms with Gasteiger partial charge in [0.1, 0.15) is 22.7 Å². The third kappa shape index (κ3) is 14.1. The molecule has 0 aromatic heterocycles. The van der Waals surface area contributed by atoms with Crippen LogP contribution >= 0.6 is 39.1 Å². The van der Waals surface area contributed by atoms with Gasteiger partial charge in [0.25, 0.3) is 0 Å². The van der Waals surface area contributed by atoms with E-state index in [4.69, 9.17) is 42.1 Å². The molecule has 10 nitrogen and oxygen atoms in total. The van der Waals surface area contributed by atoms with E-state index in [2.05, 4.69) is 26.1 Å². The Morgan fingerprint density at radius 1 is 0.711 bits per heavy atom. The lowest BCUT2D eigenvalue weighted by Gasteiger charge is -2.36. The van der Waals surface area contributed by atoms with Crippen LogP contribution in [0.3, 0.4) is 0 Å². The number of ether oxygens (including phenoxy) is 4.